The van der Waals surface area contributed by atoms with Crippen molar-refractivity contribution in [2.75, 3.05) is 31.6 Å². The van der Waals surface area contributed by atoms with E-state index in [0.29, 0.717) is 6.01 Å². The van der Waals surface area contributed by atoms with Crippen LogP contribution in [-0.4, -0.2) is 70.3 Å². The summed E-state index contributed by atoms with van der Waals surface area (Å²) in [4.78, 5) is 29.1. The van der Waals surface area contributed by atoms with Gasteiger partial charge >= 0.3 is 12.1 Å². The van der Waals surface area contributed by atoms with Gasteiger partial charge in [-0.3, -0.25) is 9.80 Å². The lowest BCUT2D eigenvalue weighted by Crippen LogP contribution is -2.57. The zero-order chi connectivity index (χ0) is 23.9. The molecule has 0 radical (unpaired) electrons. The standard InChI is InChI=1S/C26H35N5O3/c1-26(2,3)34-25(32)31-19-10-11-20(31)16-30(15-19)23-21-12-13-29(14-18-8-6-5-7-9-18)17-22(21)27-24(28-23)33-4/h5-9,19-20H,10-17H2,1-4H3/t19-,20+. The van der Waals surface area contributed by atoms with E-state index in [1.807, 2.05) is 25.7 Å². The van der Waals surface area contributed by atoms with E-state index in [2.05, 4.69) is 40.1 Å². The molecule has 3 aliphatic rings. The van der Waals surface area contributed by atoms with Crippen molar-refractivity contribution >= 4 is 11.9 Å². The first-order chi connectivity index (χ1) is 16.3. The zero-order valence-electron chi connectivity index (χ0n) is 20.7. The number of piperazine rings is 1. The zero-order valence-corrected chi connectivity index (χ0v) is 20.7. The van der Waals surface area contributed by atoms with Crippen molar-refractivity contribution in [3.8, 4) is 6.01 Å². The summed E-state index contributed by atoms with van der Waals surface area (Å²) in [5, 5.41) is 0. The van der Waals surface area contributed by atoms with E-state index < -0.39 is 5.60 Å². The Morgan fingerprint density at radius 1 is 1.09 bits per heavy atom. The van der Waals surface area contributed by atoms with Crippen molar-refractivity contribution < 1.29 is 14.3 Å². The third kappa shape index (κ3) is 4.69. The van der Waals surface area contributed by atoms with E-state index in [4.69, 9.17) is 19.4 Å². The number of benzene rings is 1. The van der Waals surface area contributed by atoms with E-state index in [0.717, 1.165) is 63.5 Å². The van der Waals surface area contributed by atoms with Crippen LogP contribution in [0.2, 0.25) is 0 Å². The smallest absolute Gasteiger partial charge is 0.410 e. The van der Waals surface area contributed by atoms with Crippen LogP contribution in [0, 0.1) is 0 Å². The molecule has 8 heteroatoms. The predicted octanol–water partition coefficient (Wildman–Crippen LogP) is 3.63. The Kier molecular flexibility index (Phi) is 6.10. The minimum atomic E-state index is -0.488. The highest BCUT2D eigenvalue weighted by molar-refractivity contribution is 5.70. The maximum Gasteiger partial charge on any atom is 0.410 e. The number of aromatic nitrogens is 2. The summed E-state index contributed by atoms with van der Waals surface area (Å²) in [7, 11) is 1.63. The van der Waals surface area contributed by atoms with E-state index in [9.17, 15) is 4.79 Å². The Hall–Kier alpha value is -2.87. The summed E-state index contributed by atoms with van der Waals surface area (Å²) in [6, 6.07) is 11.3. The number of methoxy groups -OCH3 is 1. The Bertz CT molecular complexity index is 1020. The normalized spacial score (nSPS) is 22.5. The number of anilines is 1. The van der Waals surface area contributed by atoms with Crippen LogP contribution in [0.4, 0.5) is 10.6 Å². The molecule has 2 bridgehead atoms. The van der Waals surface area contributed by atoms with E-state index in [-0.39, 0.29) is 18.2 Å². The van der Waals surface area contributed by atoms with Gasteiger partial charge in [-0.25, -0.2) is 4.79 Å². The summed E-state index contributed by atoms with van der Waals surface area (Å²) < 4.78 is 11.2. The molecule has 182 valence electrons. The Morgan fingerprint density at radius 3 is 2.44 bits per heavy atom. The fourth-order valence-electron chi connectivity index (χ4n) is 5.46. The first kappa shape index (κ1) is 22.9. The molecule has 5 rings (SSSR count). The lowest BCUT2D eigenvalue weighted by atomic mass is 10.0. The maximum absolute atomic E-state index is 12.9. The van der Waals surface area contributed by atoms with Crippen LogP contribution in [0.3, 0.4) is 0 Å². The molecule has 0 N–H and O–H groups in total. The molecule has 1 aromatic carbocycles. The average molecular weight is 466 g/mol. The second-order valence-electron chi connectivity index (χ2n) is 10.6. The van der Waals surface area contributed by atoms with Gasteiger partial charge in [0.25, 0.3) is 0 Å². The molecule has 0 spiro atoms. The fraction of sp³-hybridized carbons (Fsp3) is 0.577. The molecule has 0 unspecified atom stereocenters. The van der Waals surface area contributed by atoms with Gasteiger partial charge in [0.15, 0.2) is 0 Å². The predicted molar refractivity (Wildman–Crippen MR) is 130 cm³/mol. The van der Waals surface area contributed by atoms with Crippen LogP contribution in [0.25, 0.3) is 0 Å². The molecule has 1 aromatic heterocycles. The summed E-state index contributed by atoms with van der Waals surface area (Å²) in [6.07, 6.45) is 2.70. The molecule has 2 fully saturated rings. The number of carbonyl (C=O) groups is 1. The van der Waals surface area contributed by atoms with Crippen molar-refractivity contribution in [2.45, 2.75) is 70.8 Å². The largest absolute Gasteiger partial charge is 0.467 e. The number of nitrogens with zero attached hydrogens (tertiary/aromatic N) is 5. The molecule has 34 heavy (non-hydrogen) atoms. The molecule has 1 amide bonds. The topological polar surface area (TPSA) is 71.0 Å². The Labute approximate surface area is 201 Å². The molecule has 8 nitrogen and oxygen atoms in total. The van der Waals surface area contributed by atoms with Crippen LogP contribution in [0.15, 0.2) is 30.3 Å². The van der Waals surface area contributed by atoms with Gasteiger partial charge in [-0.05, 0) is 45.6 Å². The third-order valence-corrected chi connectivity index (χ3v) is 6.92. The van der Waals surface area contributed by atoms with Gasteiger partial charge in [-0.15, -0.1) is 0 Å². The van der Waals surface area contributed by atoms with Gasteiger partial charge in [0.05, 0.1) is 24.9 Å². The number of amides is 1. The van der Waals surface area contributed by atoms with Crippen molar-refractivity contribution in [1.82, 2.24) is 19.8 Å². The third-order valence-electron chi connectivity index (χ3n) is 6.92. The number of hydrogen-bond acceptors (Lipinski definition) is 7. The molecule has 0 saturated carbocycles. The quantitative estimate of drug-likeness (QED) is 0.683. The van der Waals surface area contributed by atoms with Crippen LogP contribution >= 0.6 is 0 Å². The fourth-order valence-corrected chi connectivity index (χ4v) is 5.46. The second kappa shape index (κ2) is 9.06. The van der Waals surface area contributed by atoms with Gasteiger partial charge < -0.3 is 14.4 Å². The van der Waals surface area contributed by atoms with Crippen LogP contribution in [0.1, 0.15) is 50.4 Å². The molecule has 4 heterocycles. The Morgan fingerprint density at radius 2 is 1.79 bits per heavy atom. The van der Waals surface area contributed by atoms with Gasteiger partial charge in [0.2, 0.25) is 0 Å². The highest BCUT2D eigenvalue weighted by Crippen LogP contribution is 2.36. The van der Waals surface area contributed by atoms with Crippen molar-refractivity contribution in [3.05, 3.63) is 47.2 Å². The molecule has 0 aliphatic carbocycles. The van der Waals surface area contributed by atoms with Crippen LogP contribution in [0.5, 0.6) is 6.01 Å². The lowest BCUT2D eigenvalue weighted by molar-refractivity contribution is 0.0122. The van der Waals surface area contributed by atoms with Crippen LogP contribution in [-0.2, 0) is 24.2 Å². The minimum Gasteiger partial charge on any atom is -0.467 e. The van der Waals surface area contributed by atoms with Gasteiger partial charge in [0.1, 0.15) is 11.4 Å². The summed E-state index contributed by atoms with van der Waals surface area (Å²) >= 11 is 0. The van der Waals surface area contributed by atoms with E-state index >= 15 is 0 Å². The summed E-state index contributed by atoms with van der Waals surface area (Å²) in [5.41, 5.74) is 3.08. The van der Waals surface area contributed by atoms with Crippen LogP contribution < -0.4 is 9.64 Å². The molecular formula is C26H35N5O3. The number of hydrogen-bond donors (Lipinski definition) is 0. The first-order valence-electron chi connectivity index (χ1n) is 12.3. The molecule has 3 aliphatic heterocycles. The Balaban J connectivity index is 1.35. The number of ether oxygens (including phenoxy) is 2. The number of carbonyl (C=O) groups excluding carboxylic acids is 1. The number of rotatable bonds is 4. The van der Waals surface area contributed by atoms with E-state index in [1.54, 1.807) is 7.11 Å². The van der Waals surface area contributed by atoms with Gasteiger partial charge in [-0.2, -0.15) is 9.97 Å². The molecule has 2 saturated heterocycles. The second-order valence-corrected chi connectivity index (χ2v) is 10.6. The molecular weight excluding hydrogens is 430 g/mol. The highest BCUT2D eigenvalue weighted by atomic mass is 16.6. The van der Waals surface area contributed by atoms with Crippen molar-refractivity contribution in [1.29, 1.82) is 0 Å². The average Bonchev–Trinajstić information content (AvgIpc) is 3.07. The van der Waals surface area contributed by atoms with Crippen molar-refractivity contribution in [3.63, 3.8) is 0 Å². The maximum atomic E-state index is 12.9. The summed E-state index contributed by atoms with van der Waals surface area (Å²) in [6.45, 7) is 9.93. The SMILES string of the molecule is COc1nc2c(c(N3C[C@H]4CC[C@@H](C3)N4C(=O)OC(C)(C)C)n1)CCN(Cc1ccccc1)C2. The van der Waals surface area contributed by atoms with Crippen molar-refractivity contribution in [2.24, 2.45) is 0 Å². The molecule has 2 atom stereocenters. The first-order valence-corrected chi connectivity index (χ1v) is 12.3. The lowest BCUT2D eigenvalue weighted by Gasteiger charge is -2.42. The van der Waals surface area contributed by atoms with Gasteiger partial charge in [0, 0.05) is 38.3 Å². The number of fused-ring (bicyclic) bond motifs is 3. The summed E-state index contributed by atoms with van der Waals surface area (Å²) in [5.74, 6) is 0.974. The molecule has 2 aromatic rings. The highest BCUT2D eigenvalue weighted by Gasteiger charge is 2.45. The van der Waals surface area contributed by atoms with E-state index in [1.165, 1.54) is 11.1 Å². The van der Waals surface area contributed by atoms with Gasteiger partial charge in [-0.1, -0.05) is 30.3 Å². The minimum absolute atomic E-state index is 0.142. The monoisotopic (exact) mass is 465 g/mol.